The summed E-state index contributed by atoms with van der Waals surface area (Å²) >= 11 is 11.9. The lowest BCUT2D eigenvalue weighted by Gasteiger charge is -2.23. The van der Waals surface area contributed by atoms with Crippen LogP contribution in [0.25, 0.3) is 0 Å². The van der Waals surface area contributed by atoms with Crippen molar-refractivity contribution in [1.29, 1.82) is 0 Å². The van der Waals surface area contributed by atoms with Crippen molar-refractivity contribution < 1.29 is 4.79 Å². The van der Waals surface area contributed by atoms with Gasteiger partial charge in [0, 0.05) is 23.1 Å². The monoisotopic (exact) mass is 258 g/mol. The molecule has 0 unspecified atom stereocenters. The Labute approximate surface area is 104 Å². The quantitative estimate of drug-likeness (QED) is 0.847. The minimum Gasteiger partial charge on any atom is -0.353 e. The molecular formula is C11H12Cl2N2O. The summed E-state index contributed by atoms with van der Waals surface area (Å²) in [7, 11) is 0. The highest BCUT2D eigenvalue weighted by molar-refractivity contribution is 6.33. The molecule has 0 aliphatic carbocycles. The van der Waals surface area contributed by atoms with Gasteiger partial charge in [0.15, 0.2) is 0 Å². The average Bonchev–Trinajstić information content (AvgIpc) is 2.27. The fourth-order valence-electron chi connectivity index (χ4n) is 1.73. The number of amides is 1. The fraction of sp³-hybridized carbons (Fsp3) is 0.364. The average molecular weight is 259 g/mol. The largest absolute Gasteiger partial charge is 0.353 e. The zero-order valence-electron chi connectivity index (χ0n) is 8.59. The lowest BCUT2D eigenvalue weighted by atomic mass is 10.0. The molecule has 1 aromatic rings. The van der Waals surface area contributed by atoms with E-state index in [1.54, 1.807) is 18.2 Å². The van der Waals surface area contributed by atoms with Crippen LogP contribution < -0.4 is 10.6 Å². The molecule has 1 aliphatic rings. The van der Waals surface area contributed by atoms with Crippen molar-refractivity contribution in [3.8, 4) is 0 Å². The Hall–Kier alpha value is -0.770. The molecule has 0 aromatic heterocycles. The molecule has 1 saturated heterocycles. The smallest absolute Gasteiger partial charge is 0.237 e. The van der Waals surface area contributed by atoms with Gasteiger partial charge in [-0.2, -0.15) is 0 Å². The number of hydrogen-bond acceptors (Lipinski definition) is 2. The third-order valence-electron chi connectivity index (χ3n) is 2.56. The van der Waals surface area contributed by atoms with Crippen molar-refractivity contribution >= 4 is 29.1 Å². The van der Waals surface area contributed by atoms with Gasteiger partial charge in [-0.25, -0.2) is 0 Å². The van der Waals surface area contributed by atoms with Crippen molar-refractivity contribution in [1.82, 2.24) is 10.6 Å². The molecule has 1 aromatic carbocycles. The van der Waals surface area contributed by atoms with Gasteiger partial charge in [0.25, 0.3) is 0 Å². The van der Waals surface area contributed by atoms with Crippen LogP contribution in [0.1, 0.15) is 5.56 Å². The molecule has 1 fully saturated rings. The maximum absolute atomic E-state index is 11.5. The first-order chi connectivity index (χ1) is 7.66. The number of benzene rings is 1. The van der Waals surface area contributed by atoms with E-state index in [0.29, 0.717) is 23.0 Å². The molecule has 86 valence electrons. The number of rotatable bonds is 2. The lowest BCUT2D eigenvalue weighted by Crippen LogP contribution is -2.53. The number of hydrogen-bond donors (Lipinski definition) is 2. The molecule has 0 saturated carbocycles. The van der Waals surface area contributed by atoms with Gasteiger partial charge in [0.2, 0.25) is 5.91 Å². The molecule has 5 heteroatoms. The summed E-state index contributed by atoms with van der Waals surface area (Å²) in [5, 5.41) is 7.24. The number of nitrogens with one attached hydrogen (secondary N) is 2. The van der Waals surface area contributed by atoms with Crippen LogP contribution in [0.4, 0.5) is 0 Å². The highest BCUT2D eigenvalue weighted by Gasteiger charge is 2.22. The molecule has 1 atom stereocenters. The Morgan fingerprint density at radius 1 is 1.31 bits per heavy atom. The van der Waals surface area contributed by atoms with Crippen LogP contribution in [-0.2, 0) is 11.2 Å². The minimum absolute atomic E-state index is 0.0160. The first-order valence-corrected chi connectivity index (χ1v) is 5.87. The normalized spacial score (nSPS) is 20.6. The molecule has 0 radical (unpaired) electrons. The highest BCUT2D eigenvalue weighted by Crippen LogP contribution is 2.22. The van der Waals surface area contributed by atoms with E-state index in [4.69, 9.17) is 23.2 Å². The standard InChI is InChI=1S/C11H12Cl2N2O/c12-8-1-2-9(13)7(5-8)6-10-11(16)15-4-3-14-10/h1-2,5,10,14H,3-4,6H2,(H,15,16)/t10-/m0/s1. The van der Waals surface area contributed by atoms with Crippen molar-refractivity contribution in [2.45, 2.75) is 12.5 Å². The maximum atomic E-state index is 11.5. The number of halogens is 2. The van der Waals surface area contributed by atoms with Crippen LogP contribution in [0.15, 0.2) is 18.2 Å². The van der Waals surface area contributed by atoms with Gasteiger partial charge in [0.1, 0.15) is 0 Å². The summed E-state index contributed by atoms with van der Waals surface area (Å²) in [4.78, 5) is 11.5. The summed E-state index contributed by atoms with van der Waals surface area (Å²) < 4.78 is 0. The second-order valence-corrected chi connectivity index (χ2v) is 4.58. The summed E-state index contributed by atoms with van der Waals surface area (Å²) in [6, 6.07) is 5.07. The van der Waals surface area contributed by atoms with Crippen LogP contribution in [0.5, 0.6) is 0 Å². The number of piperazine rings is 1. The van der Waals surface area contributed by atoms with Gasteiger partial charge in [-0.3, -0.25) is 4.79 Å². The van der Waals surface area contributed by atoms with E-state index >= 15 is 0 Å². The molecule has 0 spiro atoms. The fourth-order valence-corrected chi connectivity index (χ4v) is 2.12. The van der Waals surface area contributed by atoms with E-state index in [9.17, 15) is 4.79 Å². The third-order valence-corrected chi connectivity index (χ3v) is 3.17. The molecule has 1 amide bonds. The summed E-state index contributed by atoms with van der Waals surface area (Å²) in [6.45, 7) is 1.47. The Kier molecular flexibility index (Phi) is 3.69. The van der Waals surface area contributed by atoms with Crippen molar-refractivity contribution in [3.63, 3.8) is 0 Å². The first-order valence-electron chi connectivity index (χ1n) is 5.12. The molecule has 1 aliphatic heterocycles. The Balaban J connectivity index is 2.13. The van der Waals surface area contributed by atoms with Crippen molar-refractivity contribution in [3.05, 3.63) is 33.8 Å². The van der Waals surface area contributed by atoms with Crippen LogP contribution in [0, 0.1) is 0 Å². The second kappa shape index (κ2) is 5.04. The summed E-state index contributed by atoms with van der Waals surface area (Å²) in [5.74, 6) is 0.0160. The van der Waals surface area contributed by atoms with Gasteiger partial charge in [-0.1, -0.05) is 23.2 Å². The van der Waals surface area contributed by atoms with Gasteiger partial charge >= 0.3 is 0 Å². The third kappa shape index (κ3) is 2.67. The maximum Gasteiger partial charge on any atom is 0.237 e. The molecule has 2 rings (SSSR count). The van der Waals surface area contributed by atoms with Gasteiger partial charge in [-0.15, -0.1) is 0 Å². The molecule has 2 N–H and O–H groups in total. The van der Waals surface area contributed by atoms with Crippen LogP contribution in [0.2, 0.25) is 10.0 Å². The number of carbonyl (C=O) groups is 1. The minimum atomic E-state index is -0.218. The first kappa shape index (κ1) is 11.7. The summed E-state index contributed by atoms with van der Waals surface area (Å²) in [6.07, 6.45) is 0.561. The summed E-state index contributed by atoms with van der Waals surface area (Å²) in [5.41, 5.74) is 0.892. The van der Waals surface area contributed by atoms with Crippen LogP contribution in [-0.4, -0.2) is 25.0 Å². The zero-order valence-corrected chi connectivity index (χ0v) is 10.1. The van der Waals surface area contributed by atoms with Crippen LogP contribution >= 0.6 is 23.2 Å². The van der Waals surface area contributed by atoms with E-state index < -0.39 is 0 Å². The predicted octanol–water partition coefficient (Wildman–Crippen LogP) is 1.62. The van der Waals surface area contributed by atoms with E-state index in [-0.39, 0.29) is 11.9 Å². The van der Waals surface area contributed by atoms with Gasteiger partial charge in [-0.05, 0) is 30.2 Å². The van der Waals surface area contributed by atoms with Gasteiger partial charge in [0.05, 0.1) is 6.04 Å². The lowest BCUT2D eigenvalue weighted by molar-refractivity contribution is -0.124. The van der Waals surface area contributed by atoms with E-state index in [0.717, 1.165) is 12.1 Å². The van der Waals surface area contributed by atoms with E-state index in [2.05, 4.69) is 10.6 Å². The second-order valence-electron chi connectivity index (χ2n) is 3.74. The van der Waals surface area contributed by atoms with Crippen molar-refractivity contribution in [2.24, 2.45) is 0 Å². The van der Waals surface area contributed by atoms with E-state index in [1.807, 2.05) is 0 Å². The van der Waals surface area contributed by atoms with Gasteiger partial charge < -0.3 is 10.6 Å². The highest BCUT2D eigenvalue weighted by atomic mass is 35.5. The molecule has 16 heavy (non-hydrogen) atoms. The topological polar surface area (TPSA) is 41.1 Å². The van der Waals surface area contributed by atoms with E-state index in [1.165, 1.54) is 0 Å². The number of carbonyl (C=O) groups excluding carboxylic acids is 1. The zero-order chi connectivity index (χ0) is 11.5. The Bertz CT molecular complexity index is 409. The SMILES string of the molecule is O=C1NCCN[C@H]1Cc1cc(Cl)ccc1Cl. The molecule has 0 bridgehead atoms. The Morgan fingerprint density at radius 2 is 2.12 bits per heavy atom. The Morgan fingerprint density at radius 3 is 2.88 bits per heavy atom. The predicted molar refractivity (Wildman–Crippen MR) is 65.0 cm³/mol. The van der Waals surface area contributed by atoms with Crippen LogP contribution in [0.3, 0.4) is 0 Å². The molecule has 1 heterocycles. The molecule has 3 nitrogen and oxygen atoms in total. The van der Waals surface area contributed by atoms with Crippen molar-refractivity contribution in [2.75, 3.05) is 13.1 Å². The molecular weight excluding hydrogens is 247 g/mol.